The molecule has 9 nitrogen and oxygen atoms in total. The monoisotopic (exact) mass is 382 g/mol. The first kappa shape index (κ1) is 21.0. The lowest BCUT2D eigenvalue weighted by Crippen LogP contribution is -2.31. The summed E-state index contributed by atoms with van der Waals surface area (Å²) in [6.45, 7) is 5.42. The van der Waals surface area contributed by atoms with Crippen molar-refractivity contribution in [2.75, 3.05) is 0 Å². The van der Waals surface area contributed by atoms with Crippen LogP contribution in [0.25, 0.3) is 0 Å². The van der Waals surface area contributed by atoms with Crippen molar-refractivity contribution in [1.29, 1.82) is 0 Å². The normalized spacial score (nSPS) is 10.6. The van der Waals surface area contributed by atoms with Gasteiger partial charge in [-0.3, -0.25) is 14.9 Å². The molecule has 0 unspecified atom stereocenters. The topological polar surface area (TPSA) is 137 Å². The van der Waals surface area contributed by atoms with Gasteiger partial charge in [-0.15, -0.1) is 0 Å². The molecule has 0 aliphatic rings. The number of aryl methyl sites for hydroxylation is 1. The van der Waals surface area contributed by atoms with E-state index in [9.17, 15) is 28.1 Å². The first-order valence-electron chi connectivity index (χ1n) is 7.54. The predicted molar refractivity (Wildman–Crippen MR) is 93.4 cm³/mol. The predicted octanol–water partition coefficient (Wildman–Crippen LogP) is 2.84. The summed E-state index contributed by atoms with van der Waals surface area (Å²) in [4.78, 5) is 32.0. The Balaban J connectivity index is 0.00000105. The summed E-state index contributed by atoms with van der Waals surface area (Å²) >= 11 is 0. The van der Waals surface area contributed by atoms with Gasteiger partial charge in [0, 0.05) is 5.69 Å². The SMILES string of the molecule is CCC.Cc1cc(S(=O)(=O)c2ccccc2)c([N+](=O)[O-])c(=O)n1C(=O)O. The Morgan fingerprint density at radius 2 is 1.73 bits per heavy atom. The third-order valence-corrected chi connectivity index (χ3v) is 4.83. The highest BCUT2D eigenvalue weighted by atomic mass is 32.2. The summed E-state index contributed by atoms with van der Waals surface area (Å²) in [5, 5.41) is 20.1. The van der Waals surface area contributed by atoms with Crippen molar-refractivity contribution in [2.24, 2.45) is 0 Å². The highest BCUT2D eigenvalue weighted by Gasteiger charge is 2.33. The molecule has 0 aliphatic heterocycles. The van der Waals surface area contributed by atoms with Crippen molar-refractivity contribution >= 4 is 21.6 Å². The number of benzene rings is 1. The highest BCUT2D eigenvalue weighted by molar-refractivity contribution is 7.91. The van der Waals surface area contributed by atoms with Gasteiger partial charge in [-0.25, -0.2) is 17.8 Å². The Labute approximate surface area is 149 Å². The zero-order valence-electron chi connectivity index (χ0n) is 14.4. The number of carbonyl (C=O) groups is 1. The molecule has 1 aromatic carbocycles. The number of nitrogens with zero attached hydrogens (tertiary/aromatic N) is 2. The fraction of sp³-hybridized carbons (Fsp3) is 0.250. The van der Waals surface area contributed by atoms with Crippen molar-refractivity contribution in [3.05, 3.63) is 62.6 Å². The van der Waals surface area contributed by atoms with E-state index in [1.165, 1.54) is 37.6 Å². The van der Waals surface area contributed by atoms with Crippen LogP contribution in [0.3, 0.4) is 0 Å². The van der Waals surface area contributed by atoms with Gasteiger partial charge in [0.15, 0.2) is 4.90 Å². The van der Waals surface area contributed by atoms with Crippen molar-refractivity contribution < 1.29 is 23.2 Å². The van der Waals surface area contributed by atoms with E-state index in [-0.39, 0.29) is 15.2 Å². The smallest absolute Gasteiger partial charge is 0.418 e. The van der Waals surface area contributed by atoms with E-state index in [1.807, 2.05) is 0 Å². The zero-order valence-corrected chi connectivity index (χ0v) is 15.2. The highest BCUT2D eigenvalue weighted by Crippen LogP contribution is 2.27. The number of pyridine rings is 1. The molecule has 1 heterocycles. The molecule has 1 N–H and O–H groups in total. The van der Waals surface area contributed by atoms with Gasteiger partial charge in [-0.05, 0) is 25.1 Å². The number of aromatic nitrogens is 1. The van der Waals surface area contributed by atoms with Crippen LogP contribution in [0.5, 0.6) is 0 Å². The van der Waals surface area contributed by atoms with Crippen molar-refractivity contribution in [2.45, 2.75) is 37.0 Å². The molecule has 0 atom stereocenters. The summed E-state index contributed by atoms with van der Waals surface area (Å²) < 4.78 is 25.2. The van der Waals surface area contributed by atoms with Gasteiger partial charge in [0.1, 0.15) is 0 Å². The van der Waals surface area contributed by atoms with E-state index in [0.717, 1.165) is 6.07 Å². The Morgan fingerprint density at radius 3 is 2.15 bits per heavy atom. The van der Waals surface area contributed by atoms with Crippen LogP contribution in [0.1, 0.15) is 26.0 Å². The summed E-state index contributed by atoms with van der Waals surface area (Å²) in [7, 11) is -4.35. The van der Waals surface area contributed by atoms with Crippen LogP contribution in [0.15, 0.2) is 51.0 Å². The van der Waals surface area contributed by atoms with Crippen LogP contribution in [-0.4, -0.2) is 29.1 Å². The minimum Gasteiger partial charge on any atom is -0.464 e. The fourth-order valence-electron chi connectivity index (χ4n) is 2.03. The minimum atomic E-state index is -4.35. The molecular weight excluding hydrogens is 364 g/mol. The van der Waals surface area contributed by atoms with Gasteiger partial charge >= 0.3 is 17.3 Å². The second kappa shape index (κ2) is 8.39. The molecule has 26 heavy (non-hydrogen) atoms. The molecule has 0 aliphatic carbocycles. The number of nitro groups is 1. The van der Waals surface area contributed by atoms with Crippen molar-refractivity contribution in [1.82, 2.24) is 4.57 Å². The maximum Gasteiger partial charge on any atom is 0.418 e. The molecule has 2 aromatic rings. The van der Waals surface area contributed by atoms with Gasteiger partial charge in [0.05, 0.1) is 9.82 Å². The van der Waals surface area contributed by atoms with Crippen LogP contribution >= 0.6 is 0 Å². The Morgan fingerprint density at radius 1 is 1.23 bits per heavy atom. The van der Waals surface area contributed by atoms with E-state index >= 15 is 0 Å². The van der Waals surface area contributed by atoms with E-state index in [0.29, 0.717) is 0 Å². The maximum absolute atomic E-state index is 12.5. The molecule has 1 aromatic heterocycles. The lowest BCUT2D eigenvalue weighted by molar-refractivity contribution is -0.389. The van der Waals surface area contributed by atoms with Crippen molar-refractivity contribution in [3.63, 3.8) is 0 Å². The quantitative estimate of drug-likeness (QED) is 0.636. The summed E-state index contributed by atoms with van der Waals surface area (Å²) in [6.07, 6.45) is -0.487. The second-order valence-corrected chi connectivity index (χ2v) is 7.12. The molecule has 10 heteroatoms. The van der Waals surface area contributed by atoms with Gasteiger partial charge < -0.3 is 5.11 Å². The molecule has 0 fully saturated rings. The first-order valence-corrected chi connectivity index (χ1v) is 9.02. The second-order valence-electron chi connectivity index (χ2n) is 5.20. The number of hydrogen-bond acceptors (Lipinski definition) is 6. The largest absolute Gasteiger partial charge is 0.464 e. The van der Waals surface area contributed by atoms with Crippen LogP contribution in [0.2, 0.25) is 0 Å². The van der Waals surface area contributed by atoms with Crippen LogP contribution in [0, 0.1) is 17.0 Å². The third-order valence-electron chi connectivity index (χ3n) is 3.05. The molecule has 0 spiro atoms. The molecule has 0 bridgehead atoms. The summed E-state index contributed by atoms with van der Waals surface area (Å²) in [6, 6.07) is 7.64. The van der Waals surface area contributed by atoms with E-state index in [2.05, 4.69) is 13.8 Å². The number of hydrogen-bond donors (Lipinski definition) is 1. The number of rotatable bonds is 3. The van der Waals surface area contributed by atoms with E-state index in [1.54, 1.807) is 6.07 Å². The van der Waals surface area contributed by atoms with Crippen LogP contribution in [-0.2, 0) is 9.84 Å². The minimum absolute atomic E-state index is 0.127. The lowest BCUT2D eigenvalue weighted by atomic mass is 10.3. The molecule has 0 amide bonds. The maximum atomic E-state index is 12.5. The van der Waals surface area contributed by atoms with Crippen LogP contribution in [0.4, 0.5) is 10.5 Å². The number of sulfone groups is 1. The van der Waals surface area contributed by atoms with Crippen LogP contribution < -0.4 is 5.56 Å². The Hall–Kier alpha value is -3.01. The van der Waals surface area contributed by atoms with Gasteiger partial charge in [0.2, 0.25) is 9.84 Å². The lowest BCUT2D eigenvalue weighted by Gasteiger charge is -2.09. The average Bonchev–Trinajstić information content (AvgIpc) is 2.55. The average molecular weight is 382 g/mol. The third kappa shape index (κ3) is 4.14. The first-order chi connectivity index (χ1) is 12.1. The zero-order chi connectivity index (χ0) is 20.1. The molecule has 2 rings (SSSR count). The van der Waals surface area contributed by atoms with Crippen molar-refractivity contribution in [3.8, 4) is 0 Å². The Kier molecular flexibility index (Phi) is 6.78. The molecule has 0 radical (unpaired) electrons. The van der Waals surface area contributed by atoms with E-state index < -0.39 is 37.0 Å². The van der Waals surface area contributed by atoms with Gasteiger partial charge in [-0.2, -0.15) is 0 Å². The fourth-order valence-corrected chi connectivity index (χ4v) is 3.54. The number of carboxylic acid groups (broad SMARTS) is 1. The van der Waals surface area contributed by atoms with Gasteiger partial charge in [-0.1, -0.05) is 38.5 Å². The standard InChI is InChI=1S/C13H10N2O7S.C3H8/c1-8-7-10(23(21,22)9-5-3-2-4-6-9)11(15(19)20)12(16)14(8)13(17)18;1-3-2/h2-7H,1H3,(H,17,18);3H2,1-2H3. The molecule has 0 saturated heterocycles. The molecular formula is C16H18N2O7S. The molecule has 0 saturated carbocycles. The summed E-state index contributed by atoms with van der Waals surface area (Å²) in [5.41, 5.74) is -3.07. The summed E-state index contributed by atoms with van der Waals surface area (Å²) in [5.74, 6) is 0. The van der Waals surface area contributed by atoms with Gasteiger partial charge in [0.25, 0.3) is 0 Å². The van der Waals surface area contributed by atoms with E-state index in [4.69, 9.17) is 5.11 Å². The Bertz CT molecular complexity index is 980. The molecule has 140 valence electrons.